The van der Waals surface area contributed by atoms with E-state index < -0.39 is 0 Å². The molecule has 0 fully saturated rings. The summed E-state index contributed by atoms with van der Waals surface area (Å²) in [5.41, 5.74) is 4.31. The van der Waals surface area contributed by atoms with Crippen LogP contribution in [0.15, 0.2) is 18.2 Å². The molecule has 0 radical (unpaired) electrons. The Morgan fingerprint density at radius 3 is 2.24 bits per heavy atom. The Kier molecular flexibility index (Phi) is 6.95. The molecule has 0 aliphatic rings. The average molecular weight is 234 g/mol. The van der Waals surface area contributed by atoms with Gasteiger partial charge in [0.05, 0.1) is 0 Å². The molecule has 0 saturated heterocycles. The number of benzene rings is 1. The van der Waals surface area contributed by atoms with Crippen LogP contribution in [0.2, 0.25) is 0 Å². The molecule has 0 heterocycles. The molecule has 0 atom stereocenters. The van der Waals surface area contributed by atoms with Crippen LogP contribution in [0.1, 0.15) is 55.2 Å². The van der Waals surface area contributed by atoms with Gasteiger partial charge in [-0.2, -0.15) is 0 Å². The van der Waals surface area contributed by atoms with Crippen LogP contribution in [0.5, 0.6) is 0 Å². The summed E-state index contributed by atoms with van der Waals surface area (Å²) in [6.45, 7) is 4.72. The number of hydrogen-bond donors (Lipinski definition) is 1. The smallest absolute Gasteiger partial charge is 0.0431 e. The molecule has 0 amide bonds. The van der Waals surface area contributed by atoms with Crippen LogP contribution >= 0.6 is 0 Å². The molecule has 1 nitrogen and oxygen atoms in total. The van der Waals surface area contributed by atoms with Crippen LogP contribution in [-0.4, -0.2) is 11.7 Å². The molecule has 0 spiro atoms. The SMILES string of the molecule is Cc1ccc(C)c(CCCCCCCCO)c1. The van der Waals surface area contributed by atoms with Gasteiger partial charge in [0.2, 0.25) is 0 Å². The minimum Gasteiger partial charge on any atom is -0.396 e. The molecule has 0 aliphatic heterocycles. The number of aryl methyl sites for hydroxylation is 3. The number of hydrogen-bond acceptors (Lipinski definition) is 1. The highest BCUT2D eigenvalue weighted by Crippen LogP contribution is 2.15. The van der Waals surface area contributed by atoms with Crippen LogP contribution in [0.3, 0.4) is 0 Å². The molecule has 17 heavy (non-hydrogen) atoms. The third-order valence-corrected chi connectivity index (χ3v) is 3.36. The largest absolute Gasteiger partial charge is 0.396 e. The van der Waals surface area contributed by atoms with Crippen LogP contribution < -0.4 is 0 Å². The fourth-order valence-electron chi connectivity index (χ4n) is 2.20. The van der Waals surface area contributed by atoms with E-state index in [1.165, 1.54) is 55.2 Å². The van der Waals surface area contributed by atoms with Gasteiger partial charge in [0.25, 0.3) is 0 Å². The van der Waals surface area contributed by atoms with Crippen molar-refractivity contribution in [2.75, 3.05) is 6.61 Å². The molecule has 1 heteroatoms. The number of aliphatic hydroxyl groups is 1. The van der Waals surface area contributed by atoms with E-state index in [0.29, 0.717) is 6.61 Å². The topological polar surface area (TPSA) is 20.2 Å². The standard InChI is InChI=1S/C16H26O/c1-14-10-11-15(2)16(13-14)9-7-5-3-4-6-8-12-17/h10-11,13,17H,3-9,12H2,1-2H3. The van der Waals surface area contributed by atoms with E-state index >= 15 is 0 Å². The van der Waals surface area contributed by atoms with Gasteiger partial charge in [-0.25, -0.2) is 0 Å². The Morgan fingerprint density at radius 2 is 1.53 bits per heavy atom. The Bertz CT molecular complexity index is 317. The summed E-state index contributed by atoms with van der Waals surface area (Å²) in [7, 11) is 0. The van der Waals surface area contributed by atoms with E-state index in [-0.39, 0.29) is 0 Å². The third kappa shape index (κ3) is 5.88. The van der Waals surface area contributed by atoms with E-state index in [1.54, 1.807) is 0 Å². The lowest BCUT2D eigenvalue weighted by Crippen LogP contribution is -1.91. The summed E-state index contributed by atoms with van der Waals surface area (Å²) >= 11 is 0. The van der Waals surface area contributed by atoms with Gasteiger partial charge in [0.1, 0.15) is 0 Å². The Labute approximate surface area is 106 Å². The molecule has 1 N–H and O–H groups in total. The van der Waals surface area contributed by atoms with Crippen molar-refractivity contribution in [3.05, 3.63) is 34.9 Å². The van der Waals surface area contributed by atoms with E-state index in [1.807, 2.05) is 0 Å². The molecule has 0 saturated carbocycles. The lowest BCUT2D eigenvalue weighted by molar-refractivity contribution is 0.282. The fraction of sp³-hybridized carbons (Fsp3) is 0.625. The highest BCUT2D eigenvalue weighted by Gasteiger charge is 1.98. The predicted molar refractivity (Wildman–Crippen MR) is 74.4 cm³/mol. The molecule has 0 aliphatic carbocycles. The zero-order chi connectivity index (χ0) is 12.5. The second-order valence-electron chi connectivity index (χ2n) is 5.02. The molecule has 0 unspecified atom stereocenters. The van der Waals surface area contributed by atoms with Gasteiger partial charge in [-0.1, -0.05) is 49.4 Å². The van der Waals surface area contributed by atoms with Crippen molar-refractivity contribution >= 4 is 0 Å². The molecule has 1 rings (SSSR count). The Balaban J connectivity index is 2.15. The highest BCUT2D eigenvalue weighted by molar-refractivity contribution is 5.30. The lowest BCUT2D eigenvalue weighted by atomic mass is 9.99. The van der Waals surface area contributed by atoms with Gasteiger partial charge in [0, 0.05) is 6.61 Å². The van der Waals surface area contributed by atoms with Gasteiger partial charge in [-0.15, -0.1) is 0 Å². The number of rotatable bonds is 8. The van der Waals surface area contributed by atoms with Crippen molar-refractivity contribution in [2.24, 2.45) is 0 Å². The van der Waals surface area contributed by atoms with Gasteiger partial charge in [0.15, 0.2) is 0 Å². The van der Waals surface area contributed by atoms with Gasteiger partial charge in [-0.3, -0.25) is 0 Å². The zero-order valence-electron chi connectivity index (χ0n) is 11.3. The lowest BCUT2D eigenvalue weighted by Gasteiger charge is -2.07. The van der Waals surface area contributed by atoms with Crippen LogP contribution in [0, 0.1) is 13.8 Å². The minimum absolute atomic E-state index is 0.350. The van der Waals surface area contributed by atoms with E-state index in [2.05, 4.69) is 32.0 Å². The second kappa shape index (κ2) is 8.30. The van der Waals surface area contributed by atoms with Crippen LogP contribution in [0.25, 0.3) is 0 Å². The summed E-state index contributed by atoms with van der Waals surface area (Å²) in [5.74, 6) is 0. The first kappa shape index (κ1) is 14.2. The number of aliphatic hydroxyl groups excluding tert-OH is 1. The highest BCUT2D eigenvalue weighted by atomic mass is 16.2. The average Bonchev–Trinajstić information content (AvgIpc) is 2.32. The monoisotopic (exact) mass is 234 g/mol. The number of unbranched alkanes of at least 4 members (excludes halogenated alkanes) is 5. The second-order valence-corrected chi connectivity index (χ2v) is 5.02. The zero-order valence-corrected chi connectivity index (χ0v) is 11.3. The third-order valence-electron chi connectivity index (χ3n) is 3.36. The van der Waals surface area contributed by atoms with E-state index in [4.69, 9.17) is 5.11 Å². The molecular formula is C16H26O. The molecule has 96 valence electrons. The van der Waals surface area contributed by atoms with E-state index in [9.17, 15) is 0 Å². The van der Waals surface area contributed by atoms with Gasteiger partial charge in [-0.05, 0) is 44.2 Å². The van der Waals surface area contributed by atoms with Crippen molar-refractivity contribution < 1.29 is 5.11 Å². The maximum Gasteiger partial charge on any atom is 0.0431 e. The van der Waals surface area contributed by atoms with Crippen molar-refractivity contribution in [2.45, 2.75) is 58.8 Å². The first-order valence-corrected chi connectivity index (χ1v) is 6.91. The summed E-state index contributed by atoms with van der Waals surface area (Å²) in [5, 5.41) is 8.67. The molecule has 1 aromatic carbocycles. The maximum atomic E-state index is 8.67. The summed E-state index contributed by atoms with van der Waals surface area (Å²) < 4.78 is 0. The van der Waals surface area contributed by atoms with Crippen molar-refractivity contribution in [1.82, 2.24) is 0 Å². The van der Waals surface area contributed by atoms with E-state index in [0.717, 1.165) is 6.42 Å². The predicted octanol–water partition coefficient (Wildman–Crippen LogP) is 4.18. The summed E-state index contributed by atoms with van der Waals surface area (Å²) in [6, 6.07) is 6.74. The van der Waals surface area contributed by atoms with Crippen LogP contribution in [-0.2, 0) is 6.42 Å². The Hall–Kier alpha value is -0.820. The van der Waals surface area contributed by atoms with Crippen molar-refractivity contribution in [3.8, 4) is 0 Å². The molecule has 0 bridgehead atoms. The molecule has 1 aromatic rings. The fourth-order valence-corrected chi connectivity index (χ4v) is 2.20. The van der Waals surface area contributed by atoms with Crippen molar-refractivity contribution in [3.63, 3.8) is 0 Å². The normalized spacial score (nSPS) is 10.8. The van der Waals surface area contributed by atoms with Crippen LogP contribution in [0.4, 0.5) is 0 Å². The Morgan fingerprint density at radius 1 is 0.882 bits per heavy atom. The van der Waals surface area contributed by atoms with Crippen molar-refractivity contribution in [1.29, 1.82) is 0 Å². The van der Waals surface area contributed by atoms with Gasteiger partial charge >= 0.3 is 0 Å². The quantitative estimate of drug-likeness (QED) is 0.669. The summed E-state index contributed by atoms with van der Waals surface area (Å²) in [6.07, 6.45) is 8.56. The van der Waals surface area contributed by atoms with Gasteiger partial charge < -0.3 is 5.11 Å². The minimum atomic E-state index is 0.350. The maximum absolute atomic E-state index is 8.67. The molecule has 0 aromatic heterocycles. The first-order chi connectivity index (χ1) is 8.24. The summed E-state index contributed by atoms with van der Waals surface area (Å²) in [4.78, 5) is 0. The molecular weight excluding hydrogens is 208 g/mol. The first-order valence-electron chi connectivity index (χ1n) is 6.91.